The molecule has 2 rings (SSSR count). The molecule has 1 aliphatic heterocycles. The monoisotopic (exact) mass is 264 g/mol. The van der Waals surface area contributed by atoms with Crippen molar-refractivity contribution in [3.63, 3.8) is 0 Å². The van der Waals surface area contributed by atoms with Crippen LogP contribution in [0.3, 0.4) is 0 Å². The fourth-order valence-electron chi connectivity index (χ4n) is 2.84. The van der Waals surface area contributed by atoms with Crippen molar-refractivity contribution in [2.24, 2.45) is 17.1 Å². The highest BCUT2D eigenvalue weighted by Gasteiger charge is 2.40. The van der Waals surface area contributed by atoms with Gasteiger partial charge in [0.1, 0.15) is 11.5 Å². The van der Waals surface area contributed by atoms with Crippen LogP contribution in [0.5, 0.6) is 0 Å². The Balaban J connectivity index is 2.27. The lowest BCUT2D eigenvalue weighted by Gasteiger charge is -2.35. The van der Waals surface area contributed by atoms with Gasteiger partial charge in [-0.1, -0.05) is 6.42 Å². The third kappa shape index (κ3) is 2.46. The maximum Gasteiger partial charge on any atom is 0.234 e. The van der Waals surface area contributed by atoms with E-state index in [4.69, 9.17) is 11.1 Å². The summed E-state index contributed by atoms with van der Waals surface area (Å²) in [6.45, 7) is 5.32. The average molecular weight is 264 g/mol. The highest BCUT2D eigenvalue weighted by molar-refractivity contribution is 6.02. The topological polar surface area (TPSA) is 73.4 Å². The molecule has 1 saturated heterocycles. The van der Waals surface area contributed by atoms with Gasteiger partial charge in [0.15, 0.2) is 0 Å². The Labute approximate surface area is 114 Å². The van der Waals surface area contributed by atoms with Gasteiger partial charge in [0.05, 0.1) is 5.41 Å². The molecule has 106 valence electrons. The second-order valence-electron chi connectivity index (χ2n) is 6.33. The molecule has 1 amide bonds. The lowest BCUT2D eigenvalue weighted by molar-refractivity contribution is -0.136. The highest BCUT2D eigenvalue weighted by Crippen LogP contribution is 2.32. The van der Waals surface area contributed by atoms with E-state index in [0.29, 0.717) is 24.0 Å². The number of carbonyl (C=O) groups is 1. The van der Waals surface area contributed by atoms with Crippen LogP contribution in [0.4, 0.5) is 0 Å². The molecule has 1 saturated carbocycles. The van der Waals surface area contributed by atoms with Crippen LogP contribution in [0.25, 0.3) is 0 Å². The van der Waals surface area contributed by atoms with Gasteiger partial charge in [0, 0.05) is 26.3 Å². The zero-order valence-corrected chi connectivity index (χ0v) is 12.1. The van der Waals surface area contributed by atoms with Gasteiger partial charge in [-0.25, -0.2) is 0 Å². The number of carbonyl (C=O) groups excluding carboxylic acids is 1. The van der Waals surface area contributed by atoms with E-state index in [1.807, 2.05) is 18.7 Å². The number of rotatable bonds is 2. The maximum atomic E-state index is 12.4. The van der Waals surface area contributed by atoms with Crippen LogP contribution in [-0.4, -0.2) is 41.7 Å². The minimum absolute atomic E-state index is 0.0186. The number of amidine groups is 1. The molecule has 0 aromatic heterocycles. The van der Waals surface area contributed by atoms with Crippen molar-refractivity contribution in [3.8, 4) is 0 Å². The molecule has 3 N–H and O–H groups in total. The molecule has 2 fully saturated rings. The first-order chi connectivity index (χ1) is 8.86. The van der Waals surface area contributed by atoms with Crippen molar-refractivity contribution >= 4 is 11.7 Å². The third-order valence-corrected chi connectivity index (χ3v) is 4.25. The third-order valence-electron chi connectivity index (χ3n) is 4.25. The lowest BCUT2D eigenvalue weighted by atomic mass is 9.84. The van der Waals surface area contributed by atoms with E-state index < -0.39 is 5.41 Å². The smallest absolute Gasteiger partial charge is 0.234 e. The largest absolute Gasteiger partial charge is 0.403 e. The summed E-state index contributed by atoms with van der Waals surface area (Å²) in [5.74, 6) is 1.05. The van der Waals surface area contributed by atoms with Crippen molar-refractivity contribution in [1.29, 1.82) is 5.41 Å². The Bertz CT molecular complexity index is 423. The molecule has 0 aromatic carbocycles. The van der Waals surface area contributed by atoms with Crippen LogP contribution in [0.2, 0.25) is 0 Å². The summed E-state index contributed by atoms with van der Waals surface area (Å²) in [4.78, 5) is 15.9. The normalized spacial score (nSPS) is 26.6. The number of nitrogens with zero attached hydrogens (tertiary/aromatic N) is 2. The van der Waals surface area contributed by atoms with Gasteiger partial charge in [-0.2, -0.15) is 0 Å². The first-order valence-electron chi connectivity index (χ1n) is 6.90. The number of likely N-dealkylation sites (N-methyl/N-ethyl adjacent to an activating group) is 1. The summed E-state index contributed by atoms with van der Waals surface area (Å²) in [6, 6.07) is 0. The first kappa shape index (κ1) is 13.9. The molecule has 2 aliphatic rings. The van der Waals surface area contributed by atoms with Gasteiger partial charge in [-0.05, 0) is 32.6 Å². The highest BCUT2D eigenvalue weighted by atomic mass is 16.2. The zero-order chi connectivity index (χ0) is 14.2. The van der Waals surface area contributed by atoms with Crippen LogP contribution in [0.1, 0.15) is 33.1 Å². The Kier molecular flexibility index (Phi) is 3.56. The van der Waals surface area contributed by atoms with E-state index in [9.17, 15) is 4.79 Å². The molecule has 1 aliphatic carbocycles. The Morgan fingerprint density at radius 2 is 2.11 bits per heavy atom. The van der Waals surface area contributed by atoms with Gasteiger partial charge >= 0.3 is 0 Å². The van der Waals surface area contributed by atoms with Crippen molar-refractivity contribution in [2.45, 2.75) is 33.1 Å². The molecule has 5 heteroatoms. The average Bonchev–Trinajstić information content (AvgIpc) is 2.35. The van der Waals surface area contributed by atoms with E-state index in [2.05, 4.69) is 0 Å². The summed E-state index contributed by atoms with van der Waals surface area (Å²) in [7, 11) is 1.70. The number of hydrogen-bond acceptors (Lipinski definition) is 3. The van der Waals surface area contributed by atoms with E-state index in [-0.39, 0.29) is 5.91 Å². The Morgan fingerprint density at radius 3 is 2.58 bits per heavy atom. The Hall–Kier alpha value is -1.52. The zero-order valence-electron chi connectivity index (χ0n) is 12.1. The molecule has 0 bridgehead atoms. The Morgan fingerprint density at radius 1 is 1.47 bits per heavy atom. The van der Waals surface area contributed by atoms with Crippen LogP contribution >= 0.6 is 0 Å². The maximum absolute atomic E-state index is 12.4. The van der Waals surface area contributed by atoms with Gasteiger partial charge in [-0.15, -0.1) is 0 Å². The van der Waals surface area contributed by atoms with E-state index in [1.165, 1.54) is 30.4 Å². The van der Waals surface area contributed by atoms with E-state index in [0.717, 1.165) is 6.54 Å². The van der Waals surface area contributed by atoms with Crippen LogP contribution in [0.15, 0.2) is 11.9 Å². The fraction of sp³-hybridized carbons (Fsp3) is 0.714. The second kappa shape index (κ2) is 4.87. The SMILES string of the molecule is CN1C(=O)C(C)(C)CN(CC2CCC2)C(=N)/C1=C\N. The van der Waals surface area contributed by atoms with Gasteiger partial charge in [0.25, 0.3) is 0 Å². The summed E-state index contributed by atoms with van der Waals surface area (Å²) < 4.78 is 0. The molecule has 0 radical (unpaired) electrons. The number of hydrogen-bond donors (Lipinski definition) is 2. The number of nitrogens with one attached hydrogen (secondary N) is 1. The van der Waals surface area contributed by atoms with Crippen LogP contribution < -0.4 is 5.73 Å². The molecular weight excluding hydrogens is 240 g/mol. The first-order valence-corrected chi connectivity index (χ1v) is 6.90. The van der Waals surface area contributed by atoms with Crippen molar-refractivity contribution in [1.82, 2.24) is 9.80 Å². The number of amides is 1. The minimum Gasteiger partial charge on any atom is -0.403 e. The second-order valence-corrected chi connectivity index (χ2v) is 6.33. The van der Waals surface area contributed by atoms with Crippen molar-refractivity contribution < 1.29 is 4.79 Å². The summed E-state index contributed by atoms with van der Waals surface area (Å²) in [6.07, 6.45) is 5.12. The van der Waals surface area contributed by atoms with Crippen molar-refractivity contribution in [3.05, 3.63) is 11.9 Å². The molecule has 0 unspecified atom stereocenters. The van der Waals surface area contributed by atoms with Crippen LogP contribution in [-0.2, 0) is 4.79 Å². The number of nitrogens with two attached hydrogens (primary N) is 1. The van der Waals surface area contributed by atoms with E-state index in [1.54, 1.807) is 7.05 Å². The standard InChI is InChI=1S/C14H24N4O/c1-14(2)9-18(8-10-5-4-6-10)12(16)11(7-15)17(3)13(14)19/h7,10,16H,4-6,8-9,15H2,1-3H3/b11-7+,16-12?. The summed E-state index contributed by atoms with van der Waals surface area (Å²) >= 11 is 0. The van der Waals surface area contributed by atoms with Gasteiger partial charge < -0.3 is 15.5 Å². The van der Waals surface area contributed by atoms with Crippen LogP contribution in [0, 0.1) is 16.7 Å². The van der Waals surface area contributed by atoms with Gasteiger partial charge in [0.2, 0.25) is 5.91 Å². The summed E-state index contributed by atoms with van der Waals surface area (Å²) in [5, 5.41) is 8.32. The quantitative estimate of drug-likeness (QED) is 0.791. The molecular formula is C14H24N4O. The fourth-order valence-corrected chi connectivity index (χ4v) is 2.84. The molecule has 5 nitrogen and oxygen atoms in total. The predicted octanol–water partition coefficient (Wildman–Crippen LogP) is 1.36. The van der Waals surface area contributed by atoms with Crippen molar-refractivity contribution in [2.75, 3.05) is 20.1 Å². The lowest BCUT2D eigenvalue weighted by Crippen LogP contribution is -2.43. The molecule has 1 heterocycles. The minimum atomic E-state index is -0.491. The molecule has 0 atom stereocenters. The van der Waals surface area contributed by atoms with E-state index >= 15 is 0 Å². The summed E-state index contributed by atoms with van der Waals surface area (Å²) in [5.41, 5.74) is 5.64. The predicted molar refractivity (Wildman–Crippen MR) is 75.5 cm³/mol. The molecule has 0 aromatic rings. The van der Waals surface area contributed by atoms with Gasteiger partial charge in [-0.3, -0.25) is 10.2 Å². The molecule has 19 heavy (non-hydrogen) atoms. The molecule has 0 spiro atoms.